The lowest BCUT2D eigenvalue weighted by Gasteiger charge is -2.33. The minimum Gasteiger partial charge on any atom is -0.474 e. The smallest absolute Gasteiger partial charge is 0.250 e. The fourth-order valence-electron chi connectivity index (χ4n) is 2.67. The summed E-state index contributed by atoms with van der Waals surface area (Å²) in [5.74, 6) is -0.397. The van der Waals surface area contributed by atoms with E-state index in [0.717, 1.165) is 12.8 Å². The largest absolute Gasteiger partial charge is 0.474 e. The fraction of sp³-hybridized carbons (Fsp3) is 0.625. The Labute approximate surface area is 130 Å². The van der Waals surface area contributed by atoms with Crippen molar-refractivity contribution in [2.45, 2.75) is 32.8 Å². The number of carbonyl (C=O) groups excluding carboxylic acids is 1. The van der Waals surface area contributed by atoms with Gasteiger partial charge in [0.15, 0.2) is 5.82 Å². The molecule has 1 saturated heterocycles. The molecule has 22 heavy (non-hydrogen) atoms. The van der Waals surface area contributed by atoms with Crippen molar-refractivity contribution in [2.24, 2.45) is 11.8 Å². The minimum absolute atomic E-state index is 0.0245. The molecule has 0 aliphatic carbocycles. The molecule has 6 heteroatoms. The molecule has 1 aromatic heterocycles. The Morgan fingerprint density at radius 3 is 3.14 bits per heavy atom. The first-order valence-electron chi connectivity index (χ1n) is 7.72. The molecule has 1 aliphatic heterocycles. The highest BCUT2D eigenvalue weighted by Crippen LogP contribution is 2.26. The summed E-state index contributed by atoms with van der Waals surface area (Å²) in [4.78, 5) is 16.0. The number of aromatic nitrogens is 1. The molecule has 1 aromatic rings. The Morgan fingerprint density at radius 1 is 1.59 bits per heavy atom. The van der Waals surface area contributed by atoms with Crippen LogP contribution >= 0.6 is 0 Å². The number of pyridine rings is 1. The number of hydrogen-bond acceptors (Lipinski definition) is 4. The first-order chi connectivity index (χ1) is 10.6. The second-order valence-electron chi connectivity index (χ2n) is 5.76. The number of ether oxygens (including phenoxy) is 2. The number of nitrogens with zero attached hydrogens (tertiary/aromatic N) is 1. The summed E-state index contributed by atoms with van der Waals surface area (Å²) in [7, 11) is 0. The Morgan fingerprint density at radius 2 is 2.41 bits per heavy atom. The van der Waals surface area contributed by atoms with E-state index in [4.69, 9.17) is 9.47 Å². The van der Waals surface area contributed by atoms with Gasteiger partial charge in [-0.15, -0.1) is 0 Å². The molecule has 1 fully saturated rings. The summed E-state index contributed by atoms with van der Waals surface area (Å²) in [5.41, 5.74) is 0. The van der Waals surface area contributed by atoms with Crippen LogP contribution in [0.5, 0.6) is 5.88 Å². The van der Waals surface area contributed by atoms with E-state index in [-0.39, 0.29) is 30.4 Å². The summed E-state index contributed by atoms with van der Waals surface area (Å²) >= 11 is 0. The maximum Gasteiger partial charge on any atom is 0.250 e. The average Bonchev–Trinajstić information content (AvgIpc) is 2.52. The first kappa shape index (κ1) is 16.7. The first-order valence-corrected chi connectivity index (χ1v) is 7.72. The molecule has 5 nitrogen and oxygen atoms in total. The monoisotopic (exact) mass is 310 g/mol. The van der Waals surface area contributed by atoms with Gasteiger partial charge in [-0.1, -0.05) is 13.8 Å². The highest BCUT2D eigenvalue weighted by Gasteiger charge is 2.33. The van der Waals surface area contributed by atoms with Gasteiger partial charge >= 0.3 is 0 Å². The Kier molecular flexibility index (Phi) is 6.12. The Balaban J connectivity index is 1.76. The van der Waals surface area contributed by atoms with Crippen molar-refractivity contribution in [2.75, 3.05) is 19.8 Å². The molecule has 2 rings (SSSR count). The van der Waals surface area contributed by atoms with Crippen molar-refractivity contribution in [1.29, 1.82) is 0 Å². The van der Waals surface area contributed by atoms with E-state index in [1.54, 1.807) is 0 Å². The summed E-state index contributed by atoms with van der Waals surface area (Å²) in [6.45, 7) is 5.33. The zero-order chi connectivity index (χ0) is 15.9. The zero-order valence-corrected chi connectivity index (χ0v) is 13.0. The van der Waals surface area contributed by atoms with E-state index >= 15 is 0 Å². The van der Waals surface area contributed by atoms with Crippen LogP contribution in [-0.2, 0) is 9.53 Å². The third-order valence-corrected chi connectivity index (χ3v) is 3.72. The summed E-state index contributed by atoms with van der Waals surface area (Å²) in [5, 5.41) is 2.83. The van der Waals surface area contributed by atoms with Gasteiger partial charge in [-0.2, -0.15) is 0 Å². The van der Waals surface area contributed by atoms with Gasteiger partial charge in [0.25, 0.3) is 0 Å². The summed E-state index contributed by atoms with van der Waals surface area (Å²) in [6, 6.07) is 2.78. The van der Waals surface area contributed by atoms with Crippen LogP contribution in [0.15, 0.2) is 18.3 Å². The van der Waals surface area contributed by atoms with E-state index in [1.807, 2.05) is 0 Å². The Hall–Kier alpha value is -1.69. The van der Waals surface area contributed by atoms with Gasteiger partial charge in [-0.25, -0.2) is 9.37 Å². The highest BCUT2D eigenvalue weighted by atomic mass is 19.1. The van der Waals surface area contributed by atoms with Gasteiger partial charge in [0.2, 0.25) is 11.8 Å². The van der Waals surface area contributed by atoms with Crippen LogP contribution in [0.2, 0.25) is 0 Å². The van der Waals surface area contributed by atoms with Crippen LogP contribution in [-0.4, -0.2) is 36.8 Å². The molecule has 1 amide bonds. The maximum atomic E-state index is 13.3. The predicted molar refractivity (Wildman–Crippen MR) is 80.0 cm³/mol. The van der Waals surface area contributed by atoms with E-state index < -0.39 is 5.82 Å². The molecule has 0 aromatic carbocycles. The van der Waals surface area contributed by atoms with Crippen LogP contribution < -0.4 is 10.1 Å². The van der Waals surface area contributed by atoms with Gasteiger partial charge in [-0.3, -0.25) is 4.79 Å². The van der Waals surface area contributed by atoms with Gasteiger partial charge < -0.3 is 14.8 Å². The normalized spacial score (nSPS) is 21.6. The molecule has 122 valence electrons. The van der Waals surface area contributed by atoms with E-state index in [2.05, 4.69) is 24.1 Å². The van der Waals surface area contributed by atoms with Gasteiger partial charge in [-0.05, 0) is 30.9 Å². The molecule has 2 atom stereocenters. The van der Waals surface area contributed by atoms with Gasteiger partial charge in [0.1, 0.15) is 6.61 Å². The molecule has 0 bridgehead atoms. The van der Waals surface area contributed by atoms with Crippen LogP contribution in [0.4, 0.5) is 4.39 Å². The lowest BCUT2D eigenvalue weighted by Crippen LogP contribution is -2.44. The molecule has 1 aliphatic rings. The van der Waals surface area contributed by atoms with Crippen molar-refractivity contribution in [1.82, 2.24) is 10.3 Å². The summed E-state index contributed by atoms with van der Waals surface area (Å²) in [6.07, 6.45) is 3.16. The van der Waals surface area contributed by atoms with Crippen molar-refractivity contribution in [3.05, 3.63) is 24.1 Å². The highest BCUT2D eigenvalue weighted by molar-refractivity contribution is 5.79. The topological polar surface area (TPSA) is 60.5 Å². The van der Waals surface area contributed by atoms with Crippen molar-refractivity contribution >= 4 is 5.91 Å². The molecular weight excluding hydrogens is 287 g/mol. The Bertz CT molecular complexity index is 496. The second kappa shape index (κ2) is 8.08. The molecule has 1 N–H and O–H groups in total. The molecule has 2 heterocycles. The number of rotatable bonds is 6. The molecule has 0 saturated carbocycles. The molecule has 0 spiro atoms. The fourth-order valence-corrected chi connectivity index (χ4v) is 2.67. The molecule has 0 unspecified atom stereocenters. The average molecular weight is 310 g/mol. The maximum absolute atomic E-state index is 13.3. The van der Waals surface area contributed by atoms with Crippen molar-refractivity contribution in [3.8, 4) is 5.88 Å². The van der Waals surface area contributed by atoms with E-state index in [9.17, 15) is 9.18 Å². The zero-order valence-electron chi connectivity index (χ0n) is 13.0. The quantitative estimate of drug-likeness (QED) is 0.818. The van der Waals surface area contributed by atoms with Crippen molar-refractivity contribution < 1.29 is 18.7 Å². The van der Waals surface area contributed by atoms with Crippen LogP contribution in [0.25, 0.3) is 0 Å². The number of nitrogens with one attached hydrogen (secondary N) is 1. The minimum atomic E-state index is -0.505. The number of carbonyl (C=O) groups is 1. The standard InChI is InChI=1S/C16H23FN2O3/c1-11(2)14-12(5-4-9-21-14)15(20)18-8-10-22-16-13(17)6-3-7-19-16/h3,6-7,11-12,14H,4-5,8-10H2,1-2H3,(H,18,20)/t12-,14-/m1/s1. The molecular formula is C16H23FN2O3. The lowest BCUT2D eigenvalue weighted by molar-refractivity contribution is -0.137. The third-order valence-electron chi connectivity index (χ3n) is 3.72. The second-order valence-corrected chi connectivity index (χ2v) is 5.76. The predicted octanol–water partition coefficient (Wildman–Crippen LogP) is 2.17. The van der Waals surface area contributed by atoms with E-state index in [1.165, 1.54) is 18.3 Å². The van der Waals surface area contributed by atoms with Crippen molar-refractivity contribution in [3.63, 3.8) is 0 Å². The molecule has 0 radical (unpaired) electrons. The third kappa shape index (κ3) is 4.40. The van der Waals surface area contributed by atoms with Gasteiger partial charge in [0, 0.05) is 12.8 Å². The number of hydrogen-bond donors (Lipinski definition) is 1. The van der Waals surface area contributed by atoms with Crippen LogP contribution in [0.3, 0.4) is 0 Å². The number of halogens is 1. The van der Waals surface area contributed by atoms with Crippen LogP contribution in [0.1, 0.15) is 26.7 Å². The van der Waals surface area contributed by atoms with E-state index in [0.29, 0.717) is 19.1 Å². The number of amides is 1. The van der Waals surface area contributed by atoms with Gasteiger partial charge in [0.05, 0.1) is 18.6 Å². The van der Waals surface area contributed by atoms with Crippen LogP contribution in [0, 0.1) is 17.7 Å². The summed E-state index contributed by atoms with van der Waals surface area (Å²) < 4.78 is 24.2. The lowest BCUT2D eigenvalue weighted by atomic mass is 9.87. The SMILES string of the molecule is CC(C)[C@H]1OCCC[C@H]1C(=O)NCCOc1ncccc1F.